The molecule has 0 aliphatic carbocycles. The highest BCUT2D eigenvalue weighted by atomic mass is 32.2. The molecule has 0 amide bonds. The summed E-state index contributed by atoms with van der Waals surface area (Å²) in [6.07, 6.45) is 2.27. The fourth-order valence-corrected chi connectivity index (χ4v) is 2.62. The molecule has 1 aromatic rings. The molecular formula is C10H13NO2S. The Bertz CT molecular complexity index is 435. The molecule has 1 fully saturated rings. The third-order valence-electron chi connectivity index (χ3n) is 2.52. The minimum atomic E-state index is -3.09. The zero-order chi connectivity index (χ0) is 10.2. The Morgan fingerprint density at radius 3 is 2.50 bits per heavy atom. The molecule has 0 saturated carbocycles. The molecule has 0 unspecified atom stereocenters. The van der Waals surface area contributed by atoms with E-state index in [1.54, 1.807) is 12.1 Å². The summed E-state index contributed by atoms with van der Waals surface area (Å²) in [5, 5.41) is 3.21. The third kappa shape index (κ3) is 1.67. The third-order valence-corrected chi connectivity index (χ3v) is 3.69. The van der Waals surface area contributed by atoms with Crippen LogP contribution in [0.25, 0.3) is 0 Å². The van der Waals surface area contributed by atoms with Gasteiger partial charge in [0.2, 0.25) is 0 Å². The van der Waals surface area contributed by atoms with Crippen molar-refractivity contribution in [3.63, 3.8) is 0 Å². The van der Waals surface area contributed by atoms with Crippen LogP contribution in [-0.2, 0) is 9.84 Å². The number of rotatable bonds is 2. The number of benzene rings is 1. The van der Waals surface area contributed by atoms with Gasteiger partial charge in [0.15, 0.2) is 9.84 Å². The highest BCUT2D eigenvalue weighted by Gasteiger charge is 2.24. The Labute approximate surface area is 84.1 Å². The van der Waals surface area contributed by atoms with Crippen LogP contribution in [0.4, 0.5) is 0 Å². The van der Waals surface area contributed by atoms with E-state index in [0.717, 1.165) is 18.5 Å². The molecule has 0 aromatic heterocycles. The largest absolute Gasteiger partial charge is 0.310 e. The summed E-state index contributed by atoms with van der Waals surface area (Å²) in [5.74, 6) is 0. The zero-order valence-corrected chi connectivity index (χ0v) is 8.84. The fraction of sp³-hybridized carbons (Fsp3) is 0.400. The van der Waals surface area contributed by atoms with E-state index in [1.807, 2.05) is 12.1 Å². The highest BCUT2D eigenvalue weighted by Crippen LogP contribution is 2.28. The summed E-state index contributed by atoms with van der Waals surface area (Å²) in [7, 11) is -3.09. The Balaban J connectivity index is 2.48. The summed E-state index contributed by atoms with van der Waals surface area (Å²) in [5.41, 5.74) is 0.904. The fourth-order valence-electron chi connectivity index (χ4n) is 1.66. The monoisotopic (exact) mass is 211 g/mol. The van der Waals surface area contributed by atoms with Crippen LogP contribution in [0.3, 0.4) is 0 Å². The molecule has 14 heavy (non-hydrogen) atoms. The van der Waals surface area contributed by atoms with Crippen molar-refractivity contribution in [2.45, 2.75) is 17.4 Å². The summed E-state index contributed by atoms with van der Waals surface area (Å²) in [6, 6.07) is 7.42. The quantitative estimate of drug-likeness (QED) is 0.797. The minimum absolute atomic E-state index is 0.223. The van der Waals surface area contributed by atoms with Crippen LogP contribution in [0.1, 0.15) is 18.0 Å². The lowest BCUT2D eigenvalue weighted by Crippen LogP contribution is -2.35. The molecule has 3 nitrogen and oxygen atoms in total. The van der Waals surface area contributed by atoms with Crippen LogP contribution in [0, 0.1) is 0 Å². The first kappa shape index (κ1) is 9.68. The lowest BCUT2D eigenvalue weighted by molar-refractivity contribution is 0.378. The average Bonchev–Trinajstić information content (AvgIpc) is 2.00. The van der Waals surface area contributed by atoms with Crippen LogP contribution < -0.4 is 5.32 Å². The first-order valence-electron chi connectivity index (χ1n) is 4.61. The summed E-state index contributed by atoms with van der Waals surface area (Å²) < 4.78 is 22.9. The second-order valence-corrected chi connectivity index (χ2v) is 5.59. The van der Waals surface area contributed by atoms with Crippen molar-refractivity contribution in [3.8, 4) is 0 Å². The molecule has 1 atom stereocenters. The van der Waals surface area contributed by atoms with Crippen molar-refractivity contribution < 1.29 is 8.42 Å². The van der Waals surface area contributed by atoms with Crippen molar-refractivity contribution in [3.05, 3.63) is 29.8 Å². The van der Waals surface area contributed by atoms with Gasteiger partial charge in [0.25, 0.3) is 0 Å². The summed E-state index contributed by atoms with van der Waals surface area (Å²) >= 11 is 0. The van der Waals surface area contributed by atoms with Gasteiger partial charge in [0, 0.05) is 12.3 Å². The SMILES string of the molecule is CS(=O)(=O)c1ccccc1[C@H]1CCN1. The molecule has 1 aromatic carbocycles. The first-order valence-corrected chi connectivity index (χ1v) is 6.50. The predicted octanol–water partition coefficient (Wildman–Crippen LogP) is 1.12. The van der Waals surface area contributed by atoms with E-state index >= 15 is 0 Å². The van der Waals surface area contributed by atoms with Gasteiger partial charge in [-0.15, -0.1) is 0 Å². The van der Waals surface area contributed by atoms with E-state index in [4.69, 9.17) is 0 Å². The topological polar surface area (TPSA) is 46.2 Å². The second-order valence-electron chi connectivity index (χ2n) is 3.61. The first-order chi connectivity index (χ1) is 6.59. The van der Waals surface area contributed by atoms with Gasteiger partial charge < -0.3 is 5.32 Å². The molecule has 1 saturated heterocycles. The molecule has 1 heterocycles. The van der Waals surface area contributed by atoms with Crippen LogP contribution >= 0.6 is 0 Å². The molecule has 1 N–H and O–H groups in total. The Morgan fingerprint density at radius 2 is 2.00 bits per heavy atom. The van der Waals surface area contributed by atoms with Crippen LogP contribution in [0.15, 0.2) is 29.2 Å². The van der Waals surface area contributed by atoms with E-state index < -0.39 is 9.84 Å². The van der Waals surface area contributed by atoms with Crippen molar-refractivity contribution in [2.24, 2.45) is 0 Å². The van der Waals surface area contributed by atoms with Crippen LogP contribution in [0.5, 0.6) is 0 Å². The second kappa shape index (κ2) is 3.37. The summed E-state index contributed by atoms with van der Waals surface area (Å²) in [4.78, 5) is 0.456. The normalized spacial score (nSPS) is 21.6. The Morgan fingerprint density at radius 1 is 1.36 bits per heavy atom. The van der Waals surface area contributed by atoms with Gasteiger partial charge in [-0.2, -0.15) is 0 Å². The van der Waals surface area contributed by atoms with E-state index in [-0.39, 0.29) is 6.04 Å². The lowest BCUT2D eigenvalue weighted by Gasteiger charge is -2.29. The van der Waals surface area contributed by atoms with Gasteiger partial charge in [0.1, 0.15) is 0 Å². The lowest BCUT2D eigenvalue weighted by atomic mass is 9.98. The molecule has 0 spiro atoms. The van der Waals surface area contributed by atoms with Crippen LogP contribution in [-0.4, -0.2) is 21.2 Å². The molecule has 1 aliphatic rings. The molecular weight excluding hydrogens is 198 g/mol. The van der Waals surface area contributed by atoms with Crippen molar-refractivity contribution >= 4 is 9.84 Å². The number of sulfone groups is 1. The Kier molecular flexibility index (Phi) is 2.33. The molecule has 0 bridgehead atoms. The number of hydrogen-bond acceptors (Lipinski definition) is 3. The van der Waals surface area contributed by atoms with Gasteiger partial charge in [-0.1, -0.05) is 18.2 Å². The van der Waals surface area contributed by atoms with Crippen LogP contribution in [0.2, 0.25) is 0 Å². The van der Waals surface area contributed by atoms with Gasteiger partial charge in [0.05, 0.1) is 4.90 Å². The number of nitrogens with one attached hydrogen (secondary N) is 1. The number of hydrogen-bond donors (Lipinski definition) is 1. The molecule has 76 valence electrons. The van der Waals surface area contributed by atoms with Gasteiger partial charge in [-0.3, -0.25) is 0 Å². The molecule has 4 heteroatoms. The smallest absolute Gasteiger partial charge is 0.175 e. The molecule has 0 radical (unpaired) electrons. The van der Waals surface area contributed by atoms with Crippen molar-refractivity contribution in [1.29, 1.82) is 0 Å². The molecule has 2 rings (SSSR count). The average molecular weight is 211 g/mol. The standard InChI is InChI=1S/C10H13NO2S/c1-14(12,13)10-5-3-2-4-8(10)9-6-7-11-9/h2-5,9,11H,6-7H2,1H3/t9-/m1/s1. The molecule has 1 aliphatic heterocycles. The maximum atomic E-state index is 11.5. The maximum absolute atomic E-state index is 11.5. The van der Waals surface area contributed by atoms with Gasteiger partial charge in [-0.05, 0) is 24.6 Å². The highest BCUT2D eigenvalue weighted by molar-refractivity contribution is 7.90. The van der Waals surface area contributed by atoms with Gasteiger partial charge in [-0.25, -0.2) is 8.42 Å². The van der Waals surface area contributed by atoms with E-state index in [0.29, 0.717) is 4.90 Å². The zero-order valence-electron chi connectivity index (χ0n) is 8.03. The van der Waals surface area contributed by atoms with Crippen molar-refractivity contribution in [2.75, 3.05) is 12.8 Å². The van der Waals surface area contributed by atoms with E-state index in [2.05, 4.69) is 5.32 Å². The summed E-state index contributed by atoms with van der Waals surface area (Å²) in [6.45, 7) is 0.975. The Hall–Kier alpha value is -0.870. The maximum Gasteiger partial charge on any atom is 0.175 e. The minimum Gasteiger partial charge on any atom is -0.310 e. The van der Waals surface area contributed by atoms with Gasteiger partial charge >= 0.3 is 0 Å². The van der Waals surface area contributed by atoms with Crippen molar-refractivity contribution in [1.82, 2.24) is 5.32 Å². The predicted molar refractivity (Wildman–Crippen MR) is 54.9 cm³/mol. The van der Waals surface area contributed by atoms with E-state index in [9.17, 15) is 8.42 Å². The van der Waals surface area contributed by atoms with E-state index in [1.165, 1.54) is 6.26 Å².